The highest BCUT2D eigenvalue weighted by Gasteiger charge is 2.30. The quantitative estimate of drug-likeness (QED) is 0.635. The SMILES string of the molecule is Cc1cccc(CN2CCc3cnc(-c4ccc(C(F)(F)F)cc4)nc3C2)c1. The molecule has 0 radical (unpaired) electrons. The first-order chi connectivity index (χ1) is 13.4. The maximum atomic E-state index is 12.8. The van der Waals surface area contributed by atoms with Crippen LogP contribution in [-0.2, 0) is 25.7 Å². The fourth-order valence-electron chi connectivity index (χ4n) is 3.51. The number of benzene rings is 2. The lowest BCUT2D eigenvalue weighted by molar-refractivity contribution is -0.137. The zero-order chi connectivity index (χ0) is 19.7. The Morgan fingerprint density at radius 1 is 1.07 bits per heavy atom. The lowest BCUT2D eigenvalue weighted by Crippen LogP contribution is -2.31. The molecule has 0 bridgehead atoms. The molecule has 0 saturated carbocycles. The van der Waals surface area contributed by atoms with Crippen molar-refractivity contribution < 1.29 is 13.2 Å². The number of nitrogens with zero attached hydrogens (tertiary/aromatic N) is 3. The average molecular weight is 383 g/mol. The van der Waals surface area contributed by atoms with Crippen LogP contribution in [0.15, 0.2) is 54.7 Å². The minimum atomic E-state index is -4.34. The van der Waals surface area contributed by atoms with Crippen LogP contribution in [0.1, 0.15) is 27.9 Å². The van der Waals surface area contributed by atoms with E-state index in [1.165, 1.54) is 23.3 Å². The zero-order valence-electron chi connectivity index (χ0n) is 15.5. The summed E-state index contributed by atoms with van der Waals surface area (Å²) in [5.74, 6) is 0.463. The molecule has 1 aliphatic rings. The van der Waals surface area contributed by atoms with Crippen molar-refractivity contribution in [3.63, 3.8) is 0 Å². The van der Waals surface area contributed by atoms with E-state index >= 15 is 0 Å². The molecule has 0 N–H and O–H groups in total. The molecule has 1 aromatic heterocycles. The van der Waals surface area contributed by atoms with Gasteiger partial charge in [-0.05, 0) is 36.6 Å². The van der Waals surface area contributed by atoms with Gasteiger partial charge in [0.1, 0.15) is 0 Å². The van der Waals surface area contributed by atoms with Gasteiger partial charge in [-0.15, -0.1) is 0 Å². The fraction of sp³-hybridized carbons (Fsp3) is 0.273. The molecule has 0 fully saturated rings. The first-order valence-electron chi connectivity index (χ1n) is 9.19. The predicted molar refractivity (Wildman–Crippen MR) is 101 cm³/mol. The maximum Gasteiger partial charge on any atom is 0.416 e. The van der Waals surface area contributed by atoms with Gasteiger partial charge >= 0.3 is 6.18 Å². The number of halogens is 3. The third-order valence-electron chi connectivity index (χ3n) is 4.98. The molecule has 2 heterocycles. The van der Waals surface area contributed by atoms with Crippen molar-refractivity contribution in [3.05, 3.63) is 82.7 Å². The summed E-state index contributed by atoms with van der Waals surface area (Å²) in [6, 6.07) is 13.4. The van der Waals surface area contributed by atoms with Crippen molar-refractivity contribution >= 4 is 0 Å². The molecule has 0 spiro atoms. The van der Waals surface area contributed by atoms with Crippen LogP contribution in [0.2, 0.25) is 0 Å². The highest BCUT2D eigenvalue weighted by Crippen LogP contribution is 2.30. The Morgan fingerprint density at radius 3 is 2.57 bits per heavy atom. The van der Waals surface area contributed by atoms with E-state index in [-0.39, 0.29) is 0 Å². The Kier molecular flexibility index (Phi) is 4.89. The topological polar surface area (TPSA) is 29.0 Å². The van der Waals surface area contributed by atoms with Crippen LogP contribution in [0.25, 0.3) is 11.4 Å². The molecule has 0 amide bonds. The molecule has 0 unspecified atom stereocenters. The number of hydrogen-bond acceptors (Lipinski definition) is 3. The summed E-state index contributed by atoms with van der Waals surface area (Å²) in [7, 11) is 0. The highest BCUT2D eigenvalue weighted by molar-refractivity contribution is 5.56. The number of fused-ring (bicyclic) bond motifs is 1. The first kappa shape index (κ1) is 18.6. The van der Waals surface area contributed by atoms with Crippen LogP contribution < -0.4 is 0 Å². The van der Waals surface area contributed by atoms with Gasteiger partial charge in [-0.2, -0.15) is 13.2 Å². The van der Waals surface area contributed by atoms with Gasteiger partial charge in [0.2, 0.25) is 0 Å². The number of rotatable bonds is 3. The summed E-state index contributed by atoms with van der Waals surface area (Å²) in [6.07, 6.45) is -1.67. The zero-order valence-corrected chi connectivity index (χ0v) is 15.5. The number of alkyl halides is 3. The van der Waals surface area contributed by atoms with Crippen LogP contribution in [0.5, 0.6) is 0 Å². The van der Waals surface area contributed by atoms with Crippen molar-refractivity contribution in [2.24, 2.45) is 0 Å². The molecule has 0 atom stereocenters. The van der Waals surface area contributed by atoms with Crippen LogP contribution in [0.4, 0.5) is 13.2 Å². The highest BCUT2D eigenvalue weighted by atomic mass is 19.4. The molecule has 144 valence electrons. The van der Waals surface area contributed by atoms with E-state index in [1.54, 1.807) is 6.20 Å². The molecule has 6 heteroatoms. The molecule has 2 aromatic carbocycles. The van der Waals surface area contributed by atoms with Crippen LogP contribution in [0.3, 0.4) is 0 Å². The second-order valence-electron chi connectivity index (χ2n) is 7.19. The Bertz CT molecular complexity index is 981. The summed E-state index contributed by atoms with van der Waals surface area (Å²) >= 11 is 0. The van der Waals surface area contributed by atoms with Crippen molar-refractivity contribution in [1.82, 2.24) is 14.9 Å². The normalized spacial score (nSPS) is 14.7. The van der Waals surface area contributed by atoms with Crippen molar-refractivity contribution in [2.45, 2.75) is 32.6 Å². The minimum absolute atomic E-state index is 0.463. The van der Waals surface area contributed by atoms with Crippen LogP contribution in [-0.4, -0.2) is 21.4 Å². The van der Waals surface area contributed by atoms with Gasteiger partial charge < -0.3 is 0 Å². The van der Waals surface area contributed by atoms with E-state index < -0.39 is 11.7 Å². The van der Waals surface area contributed by atoms with E-state index in [0.29, 0.717) is 17.9 Å². The van der Waals surface area contributed by atoms with Gasteiger partial charge in [0.15, 0.2) is 5.82 Å². The molecule has 3 nitrogen and oxygen atoms in total. The molecule has 3 aromatic rings. The smallest absolute Gasteiger partial charge is 0.293 e. The Labute approximate surface area is 161 Å². The summed E-state index contributed by atoms with van der Waals surface area (Å²) in [4.78, 5) is 11.3. The Morgan fingerprint density at radius 2 is 1.86 bits per heavy atom. The van der Waals surface area contributed by atoms with E-state index in [9.17, 15) is 13.2 Å². The van der Waals surface area contributed by atoms with Gasteiger partial charge in [-0.25, -0.2) is 9.97 Å². The fourth-order valence-corrected chi connectivity index (χ4v) is 3.51. The van der Waals surface area contributed by atoms with E-state index in [0.717, 1.165) is 42.9 Å². The predicted octanol–water partition coefficient (Wildman–Crippen LogP) is 5.03. The standard InChI is InChI=1S/C22H20F3N3/c1-15-3-2-4-16(11-15)13-28-10-9-18-12-26-21(27-20(18)14-28)17-5-7-19(8-6-17)22(23,24)25/h2-8,11-12H,9-10,13-14H2,1H3. The second kappa shape index (κ2) is 7.36. The largest absolute Gasteiger partial charge is 0.416 e. The average Bonchev–Trinajstić information content (AvgIpc) is 2.67. The number of aryl methyl sites for hydroxylation is 1. The van der Waals surface area contributed by atoms with E-state index in [4.69, 9.17) is 0 Å². The Hall–Kier alpha value is -2.73. The van der Waals surface area contributed by atoms with Gasteiger partial charge in [-0.3, -0.25) is 4.90 Å². The number of hydrogen-bond donors (Lipinski definition) is 0. The van der Waals surface area contributed by atoms with Crippen LogP contribution in [0, 0.1) is 6.92 Å². The van der Waals surface area contributed by atoms with Crippen molar-refractivity contribution in [1.29, 1.82) is 0 Å². The third-order valence-corrected chi connectivity index (χ3v) is 4.98. The summed E-state index contributed by atoms with van der Waals surface area (Å²) in [6.45, 7) is 4.57. The summed E-state index contributed by atoms with van der Waals surface area (Å²) in [5, 5.41) is 0. The molecular formula is C22H20F3N3. The number of aromatic nitrogens is 2. The minimum Gasteiger partial charge on any atom is -0.293 e. The van der Waals surface area contributed by atoms with Crippen LogP contribution >= 0.6 is 0 Å². The molecule has 1 aliphatic heterocycles. The van der Waals surface area contributed by atoms with Gasteiger partial charge in [0.25, 0.3) is 0 Å². The summed E-state index contributed by atoms with van der Waals surface area (Å²) in [5.41, 5.74) is 4.48. The van der Waals surface area contributed by atoms with Crippen molar-refractivity contribution in [3.8, 4) is 11.4 Å². The first-order valence-corrected chi connectivity index (χ1v) is 9.19. The van der Waals surface area contributed by atoms with Gasteiger partial charge in [0.05, 0.1) is 11.3 Å². The summed E-state index contributed by atoms with van der Waals surface area (Å²) < 4.78 is 38.3. The second-order valence-corrected chi connectivity index (χ2v) is 7.19. The van der Waals surface area contributed by atoms with Gasteiger partial charge in [-0.1, -0.05) is 42.0 Å². The third kappa shape index (κ3) is 4.07. The molecule has 0 saturated heterocycles. The van der Waals surface area contributed by atoms with E-state index in [2.05, 4.69) is 46.1 Å². The molecule has 4 rings (SSSR count). The van der Waals surface area contributed by atoms with E-state index in [1.807, 2.05) is 0 Å². The van der Waals surface area contributed by atoms with Gasteiger partial charge in [0, 0.05) is 31.4 Å². The molecule has 0 aliphatic carbocycles. The molecular weight excluding hydrogens is 363 g/mol. The Balaban J connectivity index is 1.53. The van der Waals surface area contributed by atoms with Crippen molar-refractivity contribution in [2.75, 3.05) is 6.54 Å². The monoisotopic (exact) mass is 383 g/mol. The lowest BCUT2D eigenvalue weighted by Gasteiger charge is -2.28. The lowest BCUT2D eigenvalue weighted by atomic mass is 10.0. The maximum absolute atomic E-state index is 12.8. The molecule has 28 heavy (non-hydrogen) atoms.